The van der Waals surface area contributed by atoms with Crippen LogP contribution in [0.3, 0.4) is 0 Å². The molecule has 3 heteroatoms. The van der Waals surface area contributed by atoms with E-state index in [-0.39, 0.29) is 0 Å². The summed E-state index contributed by atoms with van der Waals surface area (Å²) in [5, 5.41) is 13.6. The predicted molar refractivity (Wildman–Crippen MR) is 77.3 cm³/mol. The minimum atomic E-state index is -0.474. The lowest BCUT2D eigenvalue weighted by Gasteiger charge is -2.21. The summed E-state index contributed by atoms with van der Waals surface area (Å²) >= 11 is 0. The molecule has 2 rings (SSSR count). The van der Waals surface area contributed by atoms with Crippen LogP contribution in [0.15, 0.2) is 24.3 Å². The number of methoxy groups -OCH3 is 1. The fourth-order valence-electron chi connectivity index (χ4n) is 2.54. The molecule has 1 saturated carbocycles. The normalized spacial score (nSPS) is 18.4. The molecular formula is C16H25NO2. The molecule has 1 aliphatic rings. The van der Waals surface area contributed by atoms with Crippen molar-refractivity contribution in [2.45, 2.75) is 32.8 Å². The van der Waals surface area contributed by atoms with Gasteiger partial charge in [0.1, 0.15) is 5.75 Å². The third kappa shape index (κ3) is 3.48. The van der Waals surface area contributed by atoms with E-state index in [0.717, 1.165) is 17.9 Å². The van der Waals surface area contributed by atoms with Gasteiger partial charge in [-0.2, -0.15) is 0 Å². The Bertz CT molecular complexity index is 413. The molecule has 19 heavy (non-hydrogen) atoms. The van der Waals surface area contributed by atoms with Gasteiger partial charge >= 0.3 is 0 Å². The Balaban J connectivity index is 1.82. The molecule has 0 saturated heterocycles. The average molecular weight is 263 g/mol. The molecule has 0 heterocycles. The number of hydrogen-bond donors (Lipinski definition) is 2. The van der Waals surface area contributed by atoms with Crippen LogP contribution in [0.4, 0.5) is 0 Å². The molecule has 1 aliphatic carbocycles. The third-order valence-corrected chi connectivity index (χ3v) is 4.41. The minimum absolute atomic E-state index is 0.474. The molecule has 1 fully saturated rings. The van der Waals surface area contributed by atoms with E-state index in [4.69, 9.17) is 4.74 Å². The lowest BCUT2D eigenvalue weighted by molar-refractivity contribution is 0.169. The van der Waals surface area contributed by atoms with Gasteiger partial charge < -0.3 is 15.2 Å². The number of nitrogens with one attached hydrogen (secondary N) is 1. The summed E-state index contributed by atoms with van der Waals surface area (Å²) in [7, 11) is 1.64. The molecule has 0 spiro atoms. The zero-order valence-corrected chi connectivity index (χ0v) is 12.1. The van der Waals surface area contributed by atoms with Crippen molar-refractivity contribution in [3.8, 4) is 5.75 Å². The van der Waals surface area contributed by atoms with Crippen LogP contribution in [0.1, 0.15) is 38.4 Å². The topological polar surface area (TPSA) is 41.5 Å². The first-order valence-corrected chi connectivity index (χ1v) is 7.10. The van der Waals surface area contributed by atoms with Gasteiger partial charge in [0, 0.05) is 13.1 Å². The molecular weight excluding hydrogens is 238 g/mol. The van der Waals surface area contributed by atoms with Crippen molar-refractivity contribution in [1.82, 2.24) is 5.32 Å². The minimum Gasteiger partial charge on any atom is -0.497 e. The van der Waals surface area contributed by atoms with E-state index in [2.05, 4.69) is 19.2 Å². The van der Waals surface area contributed by atoms with Crippen molar-refractivity contribution in [3.63, 3.8) is 0 Å². The molecule has 2 N–H and O–H groups in total. The molecule has 1 atom stereocenters. The number of aliphatic hydroxyl groups is 1. The summed E-state index contributed by atoms with van der Waals surface area (Å²) in [6, 6.07) is 7.63. The van der Waals surface area contributed by atoms with Crippen LogP contribution in [0.5, 0.6) is 5.75 Å². The summed E-state index contributed by atoms with van der Waals surface area (Å²) in [5.41, 5.74) is 1.38. The number of rotatable bonds is 7. The highest BCUT2D eigenvalue weighted by Gasteiger charge is 2.44. The molecule has 0 aliphatic heterocycles. The van der Waals surface area contributed by atoms with Crippen molar-refractivity contribution in [1.29, 1.82) is 0 Å². The highest BCUT2D eigenvalue weighted by Crippen LogP contribution is 2.51. The van der Waals surface area contributed by atoms with E-state index in [0.29, 0.717) is 17.9 Å². The number of hydrogen-bond acceptors (Lipinski definition) is 3. The Labute approximate surface area is 116 Å². The molecule has 0 radical (unpaired) electrons. The molecule has 0 amide bonds. The van der Waals surface area contributed by atoms with E-state index >= 15 is 0 Å². The van der Waals surface area contributed by atoms with Crippen LogP contribution in [-0.2, 0) is 0 Å². The second-order valence-corrected chi connectivity index (χ2v) is 5.94. The lowest BCUT2D eigenvalue weighted by Crippen LogP contribution is -2.30. The molecule has 1 aromatic carbocycles. The van der Waals surface area contributed by atoms with Gasteiger partial charge in [-0.3, -0.25) is 0 Å². The molecule has 1 aromatic rings. The standard InChI is InChI=1S/C16H25NO2/c1-12(2)16(7-8-16)11-17-10-15(18)13-5-4-6-14(9-13)19-3/h4-6,9,12,15,17-18H,7-8,10-11H2,1-3H3. The molecule has 106 valence electrons. The quantitative estimate of drug-likeness (QED) is 0.795. The largest absolute Gasteiger partial charge is 0.497 e. The zero-order chi connectivity index (χ0) is 13.9. The number of ether oxygens (including phenoxy) is 1. The second-order valence-electron chi connectivity index (χ2n) is 5.94. The Kier molecular flexibility index (Phi) is 4.48. The van der Waals surface area contributed by atoms with Crippen molar-refractivity contribution >= 4 is 0 Å². The van der Waals surface area contributed by atoms with E-state index in [1.807, 2.05) is 24.3 Å². The van der Waals surface area contributed by atoms with Crippen molar-refractivity contribution < 1.29 is 9.84 Å². The average Bonchev–Trinajstić information content (AvgIpc) is 3.20. The third-order valence-electron chi connectivity index (χ3n) is 4.41. The number of benzene rings is 1. The van der Waals surface area contributed by atoms with Crippen LogP contribution in [0.2, 0.25) is 0 Å². The van der Waals surface area contributed by atoms with Gasteiger partial charge in [-0.05, 0) is 41.9 Å². The van der Waals surface area contributed by atoms with Crippen molar-refractivity contribution in [2.75, 3.05) is 20.2 Å². The van der Waals surface area contributed by atoms with E-state index in [1.54, 1.807) is 7.11 Å². The monoisotopic (exact) mass is 263 g/mol. The highest BCUT2D eigenvalue weighted by atomic mass is 16.5. The van der Waals surface area contributed by atoms with Gasteiger partial charge in [-0.25, -0.2) is 0 Å². The smallest absolute Gasteiger partial charge is 0.119 e. The molecule has 0 bridgehead atoms. The van der Waals surface area contributed by atoms with Crippen LogP contribution < -0.4 is 10.1 Å². The second kappa shape index (κ2) is 5.93. The lowest BCUT2D eigenvalue weighted by atomic mass is 9.92. The first kappa shape index (κ1) is 14.4. The number of aliphatic hydroxyl groups excluding tert-OH is 1. The van der Waals surface area contributed by atoms with E-state index in [9.17, 15) is 5.11 Å². The van der Waals surface area contributed by atoms with Gasteiger partial charge in [-0.15, -0.1) is 0 Å². The van der Waals surface area contributed by atoms with Gasteiger partial charge in [0.2, 0.25) is 0 Å². The highest BCUT2D eigenvalue weighted by molar-refractivity contribution is 5.29. The van der Waals surface area contributed by atoms with Crippen molar-refractivity contribution in [3.05, 3.63) is 29.8 Å². The Morgan fingerprint density at radius 3 is 2.68 bits per heavy atom. The maximum absolute atomic E-state index is 10.2. The summed E-state index contributed by atoms with van der Waals surface area (Å²) in [6.45, 7) is 6.17. The summed E-state index contributed by atoms with van der Waals surface area (Å²) < 4.78 is 5.17. The predicted octanol–water partition coefficient (Wildman–Crippen LogP) is 2.75. The summed E-state index contributed by atoms with van der Waals surface area (Å²) in [6.07, 6.45) is 2.15. The zero-order valence-electron chi connectivity index (χ0n) is 12.1. The van der Waals surface area contributed by atoms with Gasteiger partial charge in [0.25, 0.3) is 0 Å². The summed E-state index contributed by atoms with van der Waals surface area (Å²) in [5.74, 6) is 1.51. The molecule has 1 unspecified atom stereocenters. The maximum atomic E-state index is 10.2. The fraction of sp³-hybridized carbons (Fsp3) is 0.625. The van der Waals surface area contributed by atoms with Crippen LogP contribution in [0, 0.1) is 11.3 Å². The van der Waals surface area contributed by atoms with Gasteiger partial charge in [-0.1, -0.05) is 26.0 Å². The first-order chi connectivity index (χ1) is 9.07. The van der Waals surface area contributed by atoms with Gasteiger partial charge in [0.15, 0.2) is 0 Å². The van der Waals surface area contributed by atoms with E-state index < -0.39 is 6.10 Å². The van der Waals surface area contributed by atoms with Gasteiger partial charge in [0.05, 0.1) is 13.2 Å². The Morgan fingerprint density at radius 2 is 2.11 bits per heavy atom. The van der Waals surface area contributed by atoms with Crippen LogP contribution in [-0.4, -0.2) is 25.3 Å². The van der Waals surface area contributed by atoms with Crippen molar-refractivity contribution in [2.24, 2.45) is 11.3 Å². The molecule has 0 aromatic heterocycles. The fourth-order valence-corrected chi connectivity index (χ4v) is 2.54. The molecule has 3 nitrogen and oxygen atoms in total. The van der Waals surface area contributed by atoms with Crippen LogP contribution >= 0.6 is 0 Å². The van der Waals surface area contributed by atoms with E-state index in [1.165, 1.54) is 12.8 Å². The van der Waals surface area contributed by atoms with Crippen LogP contribution in [0.25, 0.3) is 0 Å². The Morgan fingerprint density at radius 1 is 1.37 bits per heavy atom. The Hall–Kier alpha value is -1.06. The SMILES string of the molecule is COc1cccc(C(O)CNCC2(C(C)C)CC2)c1. The first-order valence-electron chi connectivity index (χ1n) is 7.10. The summed E-state index contributed by atoms with van der Waals surface area (Å²) in [4.78, 5) is 0. The maximum Gasteiger partial charge on any atom is 0.119 e.